The normalized spacial score (nSPS) is 10.7. The van der Waals surface area contributed by atoms with Gasteiger partial charge in [-0.05, 0) is 37.6 Å². The van der Waals surface area contributed by atoms with Gasteiger partial charge in [0.2, 0.25) is 5.91 Å². The molecule has 7 nitrogen and oxygen atoms in total. The second-order valence-corrected chi connectivity index (χ2v) is 5.98. The molecule has 0 atom stereocenters. The second kappa shape index (κ2) is 13.9. The van der Waals surface area contributed by atoms with Gasteiger partial charge in [0.25, 0.3) is 0 Å². The van der Waals surface area contributed by atoms with E-state index in [1.807, 2.05) is 12.1 Å². The zero-order valence-corrected chi connectivity index (χ0v) is 18.8. The second-order valence-electron chi connectivity index (χ2n) is 5.98. The van der Waals surface area contributed by atoms with E-state index in [1.54, 1.807) is 19.4 Å². The van der Waals surface area contributed by atoms with Gasteiger partial charge in [0, 0.05) is 32.4 Å². The van der Waals surface area contributed by atoms with Crippen LogP contribution in [0.4, 0.5) is 5.69 Å². The SMILES string of the molecule is CCN(CCCNC(=NC)NCC(=O)NCc1ccco1)c1ccccc1.I. The number of nitrogens with one attached hydrogen (secondary N) is 3. The minimum absolute atomic E-state index is 0. The first-order valence-corrected chi connectivity index (χ1v) is 9.26. The molecule has 0 unspecified atom stereocenters. The maximum atomic E-state index is 11.9. The highest BCUT2D eigenvalue weighted by atomic mass is 127. The molecule has 0 spiro atoms. The quantitative estimate of drug-likeness (QED) is 0.203. The first-order chi connectivity index (χ1) is 13.2. The van der Waals surface area contributed by atoms with E-state index in [0.717, 1.165) is 31.8 Å². The smallest absolute Gasteiger partial charge is 0.239 e. The Hall–Kier alpha value is -2.23. The Kier molecular flexibility index (Phi) is 11.8. The largest absolute Gasteiger partial charge is 0.467 e. The van der Waals surface area contributed by atoms with Crippen molar-refractivity contribution < 1.29 is 9.21 Å². The fraction of sp³-hybridized carbons (Fsp3) is 0.400. The van der Waals surface area contributed by atoms with Gasteiger partial charge in [-0.1, -0.05) is 18.2 Å². The number of anilines is 1. The minimum atomic E-state index is -0.115. The van der Waals surface area contributed by atoms with Gasteiger partial charge >= 0.3 is 0 Å². The number of hydrogen-bond donors (Lipinski definition) is 3. The van der Waals surface area contributed by atoms with E-state index in [0.29, 0.717) is 12.5 Å². The molecular weight excluding hydrogens is 469 g/mol. The highest BCUT2D eigenvalue weighted by molar-refractivity contribution is 14.0. The molecule has 1 aromatic carbocycles. The van der Waals surface area contributed by atoms with E-state index in [9.17, 15) is 4.79 Å². The molecule has 0 saturated carbocycles. The van der Waals surface area contributed by atoms with Crippen LogP contribution in [0, 0.1) is 0 Å². The summed E-state index contributed by atoms with van der Waals surface area (Å²) in [4.78, 5) is 18.3. The average molecular weight is 499 g/mol. The monoisotopic (exact) mass is 499 g/mol. The van der Waals surface area contributed by atoms with Gasteiger partial charge in [-0.2, -0.15) is 0 Å². The van der Waals surface area contributed by atoms with E-state index in [1.165, 1.54) is 5.69 Å². The van der Waals surface area contributed by atoms with Crippen LogP contribution in [0.15, 0.2) is 58.1 Å². The summed E-state index contributed by atoms with van der Waals surface area (Å²) in [7, 11) is 1.69. The van der Waals surface area contributed by atoms with Crippen LogP contribution in [0.25, 0.3) is 0 Å². The third kappa shape index (κ3) is 8.64. The van der Waals surface area contributed by atoms with Crippen LogP contribution in [-0.4, -0.2) is 45.1 Å². The highest BCUT2D eigenvalue weighted by Crippen LogP contribution is 2.12. The highest BCUT2D eigenvalue weighted by Gasteiger charge is 2.06. The molecule has 28 heavy (non-hydrogen) atoms. The van der Waals surface area contributed by atoms with Crippen molar-refractivity contribution in [3.8, 4) is 0 Å². The van der Waals surface area contributed by atoms with Crippen LogP contribution < -0.4 is 20.9 Å². The van der Waals surface area contributed by atoms with Crippen molar-refractivity contribution in [1.29, 1.82) is 0 Å². The van der Waals surface area contributed by atoms with Gasteiger partial charge in [-0.3, -0.25) is 9.79 Å². The molecule has 2 aromatic rings. The predicted octanol–water partition coefficient (Wildman–Crippen LogP) is 2.60. The van der Waals surface area contributed by atoms with E-state index in [4.69, 9.17) is 4.42 Å². The molecule has 0 saturated heterocycles. The lowest BCUT2D eigenvalue weighted by Gasteiger charge is -2.23. The van der Waals surface area contributed by atoms with Gasteiger partial charge in [-0.25, -0.2) is 0 Å². The Morgan fingerprint density at radius 2 is 1.89 bits per heavy atom. The molecule has 2 rings (SSSR count). The van der Waals surface area contributed by atoms with Gasteiger partial charge in [0.1, 0.15) is 5.76 Å². The summed E-state index contributed by atoms with van der Waals surface area (Å²) in [5.41, 5.74) is 1.23. The molecule has 1 amide bonds. The topological polar surface area (TPSA) is 81.9 Å². The molecule has 1 heterocycles. The summed E-state index contributed by atoms with van der Waals surface area (Å²) in [6.07, 6.45) is 2.55. The maximum Gasteiger partial charge on any atom is 0.239 e. The van der Waals surface area contributed by atoms with Crippen LogP contribution in [-0.2, 0) is 11.3 Å². The van der Waals surface area contributed by atoms with Crippen LogP contribution in [0.3, 0.4) is 0 Å². The predicted molar refractivity (Wildman–Crippen MR) is 124 cm³/mol. The number of hydrogen-bond acceptors (Lipinski definition) is 4. The molecule has 0 radical (unpaired) electrons. The van der Waals surface area contributed by atoms with Crippen molar-refractivity contribution in [3.05, 3.63) is 54.5 Å². The standard InChI is InChI=1S/C20H29N5O2.HI/c1-3-25(17-9-5-4-6-10-17)13-8-12-22-20(21-2)24-16-19(26)23-15-18-11-7-14-27-18;/h4-7,9-11,14H,3,8,12-13,15-16H2,1-2H3,(H,23,26)(H2,21,22,24);1H. The van der Waals surface area contributed by atoms with E-state index in [2.05, 4.69) is 57.0 Å². The van der Waals surface area contributed by atoms with Crippen molar-refractivity contribution in [3.63, 3.8) is 0 Å². The number of amides is 1. The lowest BCUT2D eigenvalue weighted by atomic mass is 10.2. The average Bonchev–Trinajstić information content (AvgIpc) is 3.23. The van der Waals surface area contributed by atoms with E-state index >= 15 is 0 Å². The zero-order chi connectivity index (χ0) is 19.3. The molecule has 154 valence electrons. The van der Waals surface area contributed by atoms with Crippen molar-refractivity contribution in [2.45, 2.75) is 19.9 Å². The van der Waals surface area contributed by atoms with Crippen LogP contribution in [0.2, 0.25) is 0 Å². The molecular formula is C20H30IN5O2. The number of furan rings is 1. The molecule has 0 fully saturated rings. The number of benzene rings is 1. The number of carbonyl (C=O) groups is 1. The van der Waals surface area contributed by atoms with Gasteiger partial charge in [0.15, 0.2) is 5.96 Å². The Morgan fingerprint density at radius 3 is 2.54 bits per heavy atom. The van der Waals surface area contributed by atoms with Gasteiger partial charge in [0.05, 0.1) is 19.4 Å². The van der Waals surface area contributed by atoms with Crippen LogP contribution in [0.5, 0.6) is 0 Å². The van der Waals surface area contributed by atoms with Crippen LogP contribution in [0.1, 0.15) is 19.1 Å². The number of rotatable bonds is 10. The summed E-state index contributed by atoms with van der Waals surface area (Å²) in [6, 6.07) is 14.0. The van der Waals surface area contributed by atoms with Crippen molar-refractivity contribution in [2.24, 2.45) is 4.99 Å². The molecule has 0 aliphatic rings. The zero-order valence-electron chi connectivity index (χ0n) is 16.5. The number of aliphatic imine (C=N–C) groups is 1. The third-order valence-electron chi connectivity index (χ3n) is 4.08. The number of carbonyl (C=O) groups excluding carboxylic acids is 1. The minimum Gasteiger partial charge on any atom is -0.467 e. The summed E-state index contributed by atoms with van der Waals surface area (Å²) in [5, 5.41) is 9.04. The Labute approximate surface area is 184 Å². The molecule has 0 aliphatic carbocycles. The summed E-state index contributed by atoms with van der Waals surface area (Å²) < 4.78 is 5.18. The summed E-state index contributed by atoms with van der Waals surface area (Å²) in [6.45, 7) is 5.39. The van der Waals surface area contributed by atoms with Gasteiger partial charge < -0.3 is 25.3 Å². The lowest BCUT2D eigenvalue weighted by Crippen LogP contribution is -2.43. The fourth-order valence-corrected chi connectivity index (χ4v) is 2.63. The Morgan fingerprint density at radius 1 is 1.11 bits per heavy atom. The molecule has 0 bridgehead atoms. The molecule has 8 heteroatoms. The third-order valence-corrected chi connectivity index (χ3v) is 4.08. The first-order valence-electron chi connectivity index (χ1n) is 9.26. The van der Waals surface area contributed by atoms with E-state index in [-0.39, 0.29) is 36.4 Å². The number of guanidine groups is 1. The van der Waals surface area contributed by atoms with Crippen molar-refractivity contribution in [2.75, 3.05) is 38.1 Å². The fourth-order valence-electron chi connectivity index (χ4n) is 2.63. The molecule has 1 aromatic heterocycles. The maximum absolute atomic E-state index is 11.9. The molecule has 3 N–H and O–H groups in total. The number of halogens is 1. The number of para-hydroxylation sites is 1. The summed E-state index contributed by atoms with van der Waals surface area (Å²) in [5.74, 6) is 1.23. The number of nitrogens with zero attached hydrogens (tertiary/aromatic N) is 2. The Bertz CT molecular complexity index is 692. The van der Waals surface area contributed by atoms with E-state index < -0.39 is 0 Å². The van der Waals surface area contributed by atoms with Gasteiger partial charge in [-0.15, -0.1) is 24.0 Å². The van der Waals surface area contributed by atoms with Crippen LogP contribution >= 0.6 is 24.0 Å². The first kappa shape index (κ1) is 23.8. The Balaban J connectivity index is 0.00000392. The lowest BCUT2D eigenvalue weighted by molar-refractivity contribution is -0.120. The molecule has 0 aliphatic heterocycles. The summed E-state index contributed by atoms with van der Waals surface area (Å²) >= 11 is 0. The van der Waals surface area contributed by atoms with Crippen molar-refractivity contribution in [1.82, 2.24) is 16.0 Å². The van der Waals surface area contributed by atoms with Crippen molar-refractivity contribution >= 4 is 41.5 Å².